The summed E-state index contributed by atoms with van der Waals surface area (Å²) in [6.45, 7) is 2.08. The summed E-state index contributed by atoms with van der Waals surface area (Å²) in [6, 6.07) is 6.21. The highest BCUT2D eigenvalue weighted by Gasteiger charge is 2.43. The van der Waals surface area contributed by atoms with Crippen LogP contribution in [0.5, 0.6) is 5.75 Å². The fraction of sp³-hybridized carbons (Fsp3) is 0.400. The molecule has 6 nitrogen and oxygen atoms in total. The lowest BCUT2D eigenvalue weighted by Crippen LogP contribution is -2.54. The van der Waals surface area contributed by atoms with E-state index in [2.05, 4.69) is 22.3 Å². The molecule has 0 radical (unpaired) electrons. The molecule has 6 heteroatoms. The normalized spacial score (nSPS) is 24.3. The standard InChI is InChI=1S/C15H18N4O2/c1-3-6-10-12-13(19(2)18-10)15(21)17-14(16-12)9-7-4-5-8-11(9)20/h4-5,7-8,12-13,20H,3,6H2,1-2H3,(H,16,17,21). The number of nitrogens with one attached hydrogen (secondary N) is 1. The maximum absolute atomic E-state index is 12.3. The van der Waals surface area contributed by atoms with Crippen molar-refractivity contribution in [2.24, 2.45) is 10.1 Å². The molecule has 1 aromatic rings. The number of nitrogens with zero attached hydrogens (tertiary/aromatic N) is 3. The van der Waals surface area contributed by atoms with E-state index in [0.29, 0.717) is 11.4 Å². The summed E-state index contributed by atoms with van der Waals surface area (Å²) in [4.78, 5) is 17.0. The molecule has 2 aliphatic heterocycles. The fourth-order valence-electron chi connectivity index (χ4n) is 2.80. The molecule has 0 bridgehead atoms. The third-order valence-electron chi connectivity index (χ3n) is 3.77. The summed E-state index contributed by atoms with van der Waals surface area (Å²) >= 11 is 0. The van der Waals surface area contributed by atoms with Crippen molar-refractivity contribution < 1.29 is 9.90 Å². The molecule has 0 fully saturated rings. The second-order valence-electron chi connectivity index (χ2n) is 5.29. The lowest BCUT2D eigenvalue weighted by atomic mass is 9.98. The number of carbonyl (C=O) groups is 1. The minimum atomic E-state index is -0.388. The van der Waals surface area contributed by atoms with Gasteiger partial charge in [-0.3, -0.25) is 14.8 Å². The van der Waals surface area contributed by atoms with Crippen LogP contribution in [0.25, 0.3) is 0 Å². The van der Waals surface area contributed by atoms with Gasteiger partial charge in [-0.15, -0.1) is 0 Å². The number of hydrogen-bond donors (Lipinski definition) is 2. The summed E-state index contributed by atoms with van der Waals surface area (Å²) in [6.07, 6.45) is 1.77. The summed E-state index contributed by atoms with van der Waals surface area (Å²) in [5.41, 5.74) is 1.46. The molecule has 1 aromatic carbocycles. The number of rotatable bonds is 3. The zero-order valence-electron chi connectivity index (χ0n) is 12.1. The number of phenolic OH excluding ortho intramolecular Hbond substituents is 1. The van der Waals surface area contributed by atoms with Crippen molar-refractivity contribution in [1.29, 1.82) is 0 Å². The van der Waals surface area contributed by atoms with Crippen LogP contribution in [0.3, 0.4) is 0 Å². The predicted octanol–water partition coefficient (Wildman–Crippen LogP) is 1.11. The van der Waals surface area contributed by atoms with E-state index in [1.165, 1.54) is 0 Å². The van der Waals surface area contributed by atoms with Crippen LogP contribution < -0.4 is 5.32 Å². The minimum Gasteiger partial charge on any atom is -0.507 e. The van der Waals surface area contributed by atoms with Gasteiger partial charge in [0.1, 0.15) is 17.6 Å². The first kappa shape index (κ1) is 13.6. The predicted molar refractivity (Wildman–Crippen MR) is 80.5 cm³/mol. The molecular weight excluding hydrogens is 268 g/mol. The Bertz CT molecular complexity index is 638. The largest absolute Gasteiger partial charge is 0.507 e. The van der Waals surface area contributed by atoms with Gasteiger partial charge in [0.15, 0.2) is 6.04 Å². The molecule has 2 aliphatic rings. The van der Waals surface area contributed by atoms with Gasteiger partial charge in [0, 0.05) is 7.05 Å². The number of amides is 1. The number of likely N-dealkylation sites (N-methyl/N-ethyl adjacent to an activating group) is 1. The van der Waals surface area contributed by atoms with Crippen LogP contribution in [0, 0.1) is 0 Å². The number of carbonyl (C=O) groups excluding carboxylic acids is 1. The second-order valence-corrected chi connectivity index (χ2v) is 5.29. The highest BCUT2D eigenvalue weighted by atomic mass is 16.3. The number of phenols is 1. The zero-order chi connectivity index (χ0) is 15.0. The first-order valence-electron chi connectivity index (χ1n) is 7.09. The van der Waals surface area contributed by atoms with Gasteiger partial charge in [0.25, 0.3) is 5.91 Å². The first-order valence-corrected chi connectivity index (χ1v) is 7.09. The Hall–Kier alpha value is -2.37. The Morgan fingerprint density at radius 1 is 1.38 bits per heavy atom. The van der Waals surface area contributed by atoms with E-state index in [0.717, 1.165) is 18.6 Å². The van der Waals surface area contributed by atoms with Crippen molar-refractivity contribution in [1.82, 2.24) is 10.3 Å². The van der Waals surface area contributed by atoms with Crippen molar-refractivity contribution >= 4 is 17.5 Å². The highest BCUT2D eigenvalue weighted by molar-refractivity contribution is 6.15. The Morgan fingerprint density at radius 3 is 2.86 bits per heavy atom. The van der Waals surface area contributed by atoms with E-state index in [4.69, 9.17) is 0 Å². The third kappa shape index (κ3) is 2.26. The maximum atomic E-state index is 12.3. The molecule has 21 heavy (non-hydrogen) atoms. The number of aliphatic imine (C=N–C) groups is 1. The fourth-order valence-corrected chi connectivity index (χ4v) is 2.80. The monoisotopic (exact) mass is 286 g/mol. The van der Waals surface area contributed by atoms with Crippen LogP contribution in [0.1, 0.15) is 25.3 Å². The number of amidine groups is 1. The molecule has 2 N–H and O–H groups in total. The SMILES string of the molecule is CCCC1=NN(C)C2C(=O)NC(c3ccccc3O)=NC12. The molecule has 1 amide bonds. The van der Waals surface area contributed by atoms with Crippen LogP contribution in [0.2, 0.25) is 0 Å². The molecule has 0 spiro atoms. The van der Waals surface area contributed by atoms with Gasteiger partial charge in [-0.05, 0) is 18.6 Å². The van der Waals surface area contributed by atoms with Crippen molar-refractivity contribution in [3.63, 3.8) is 0 Å². The summed E-state index contributed by atoms with van der Waals surface area (Å²) in [5, 5.41) is 18.8. The first-order chi connectivity index (χ1) is 10.1. The summed E-state index contributed by atoms with van der Waals surface area (Å²) < 4.78 is 0. The Morgan fingerprint density at radius 2 is 2.14 bits per heavy atom. The van der Waals surface area contributed by atoms with Crippen LogP contribution in [0.15, 0.2) is 34.4 Å². The lowest BCUT2D eigenvalue weighted by Gasteiger charge is -2.27. The molecule has 2 unspecified atom stereocenters. The van der Waals surface area contributed by atoms with Gasteiger partial charge in [0.05, 0.1) is 11.3 Å². The van der Waals surface area contributed by atoms with Gasteiger partial charge in [-0.2, -0.15) is 5.10 Å². The number of hydrogen-bond acceptors (Lipinski definition) is 5. The van der Waals surface area contributed by atoms with E-state index in [-0.39, 0.29) is 23.7 Å². The average molecular weight is 286 g/mol. The maximum Gasteiger partial charge on any atom is 0.252 e. The minimum absolute atomic E-state index is 0.107. The summed E-state index contributed by atoms with van der Waals surface area (Å²) in [7, 11) is 1.79. The van der Waals surface area contributed by atoms with E-state index >= 15 is 0 Å². The average Bonchev–Trinajstić information content (AvgIpc) is 2.77. The quantitative estimate of drug-likeness (QED) is 0.873. The lowest BCUT2D eigenvalue weighted by molar-refractivity contribution is -0.124. The molecular formula is C15H18N4O2. The third-order valence-corrected chi connectivity index (χ3v) is 3.77. The van der Waals surface area contributed by atoms with Crippen molar-refractivity contribution in [2.45, 2.75) is 31.8 Å². The van der Waals surface area contributed by atoms with Gasteiger partial charge in [-0.25, -0.2) is 0 Å². The smallest absolute Gasteiger partial charge is 0.252 e. The second kappa shape index (κ2) is 5.20. The van der Waals surface area contributed by atoms with Gasteiger partial charge >= 0.3 is 0 Å². The van der Waals surface area contributed by atoms with E-state index in [1.54, 1.807) is 36.3 Å². The Labute approximate surface area is 123 Å². The molecule has 2 atom stereocenters. The molecule has 0 aliphatic carbocycles. The zero-order valence-corrected chi connectivity index (χ0v) is 12.1. The van der Waals surface area contributed by atoms with Crippen molar-refractivity contribution in [3.05, 3.63) is 29.8 Å². The van der Waals surface area contributed by atoms with Gasteiger partial charge < -0.3 is 10.4 Å². The highest BCUT2D eigenvalue weighted by Crippen LogP contribution is 2.25. The molecule has 2 heterocycles. The summed E-state index contributed by atoms with van der Waals surface area (Å²) in [5.74, 6) is 0.388. The van der Waals surface area contributed by atoms with Crippen molar-refractivity contribution in [2.75, 3.05) is 7.05 Å². The van der Waals surface area contributed by atoms with Crippen molar-refractivity contribution in [3.8, 4) is 5.75 Å². The number of para-hydroxylation sites is 1. The molecule has 0 aromatic heterocycles. The topological polar surface area (TPSA) is 77.3 Å². The van der Waals surface area contributed by atoms with E-state index in [9.17, 15) is 9.90 Å². The van der Waals surface area contributed by atoms with E-state index < -0.39 is 0 Å². The number of fused-ring (bicyclic) bond motifs is 1. The number of hydrazone groups is 1. The van der Waals surface area contributed by atoms with Crippen LogP contribution in [-0.4, -0.2) is 46.7 Å². The molecule has 3 rings (SSSR count). The number of benzene rings is 1. The Kier molecular flexibility index (Phi) is 3.37. The van der Waals surface area contributed by atoms with Gasteiger partial charge in [0.2, 0.25) is 0 Å². The molecule has 110 valence electrons. The van der Waals surface area contributed by atoms with Gasteiger partial charge in [-0.1, -0.05) is 25.5 Å². The van der Waals surface area contributed by atoms with Crippen LogP contribution in [0.4, 0.5) is 0 Å². The number of aromatic hydroxyl groups is 1. The van der Waals surface area contributed by atoms with Crippen LogP contribution in [-0.2, 0) is 4.79 Å². The Balaban J connectivity index is 2.00. The molecule has 0 saturated heterocycles. The van der Waals surface area contributed by atoms with Crippen LogP contribution >= 0.6 is 0 Å². The molecule has 0 saturated carbocycles. The van der Waals surface area contributed by atoms with E-state index in [1.807, 2.05) is 0 Å².